The smallest absolute Gasteiger partial charge is 0.229 e. The average Bonchev–Trinajstić information content (AvgIpc) is 3.08. The Morgan fingerprint density at radius 1 is 1.27 bits per heavy atom. The lowest BCUT2D eigenvalue weighted by molar-refractivity contribution is 0.120. The lowest BCUT2D eigenvalue weighted by atomic mass is 10.2. The van der Waals surface area contributed by atoms with E-state index < -0.39 is 0 Å². The van der Waals surface area contributed by atoms with Gasteiger partial charge in [-0.05, 0) is 43.2 Å². The van der Waals surface area contributed by atoms with Crippen molar-refractivity contribution >= 4 is 17.5 Å². The summed E-state index contributed by atoms with van der Waals surface area (Å²) in [5.74, 6) is 2.17. The van der Waals surface area contributed by atoms with Crippen LogP contribution in [0, 0.1) is 0 Å². The normalized spacial score (nSPS) is 17.2. The summed E-state index contributed by atoms with van der Waals surface area (Å²) in [6.45, 7) is 1.64. The van der Waals surface area contributed by atoms with Gasteiger partial charge in [-0.1, -0.05) is 0 Å². The molecule has 0 spiro atoms. The minimum absolute atomic E-state index is 0.285. The fraction of sp³-hybridized carbons (Fsp3) is 0.375. The molecular weight excluding hydrogens is 280 g/mol. The Hall–Kier alpha value is -2.34. The predicted octanol–water partition coefficient (Wildman–Crippen LogP) is 2.82. The zero-order chi connectivity index (χ0) is 15.2. The van der Waals surface area contributed by atoms with Crippen molar-refractivity contribution in [2.75, 3.05) is 30.9 Å². The maximum atomic E-state index is 5.59. The standard InChI is InChI=1S/C16H20N4O2/c1-21-13-6-4-12(5-7-13)19-16-17-9-8-15(20-16)18-11-14-3-2-10-22-14/h4-9,14H,2-3,10-11H2,1H3,(H2,17,18,19,20). The maximum Gasteiger partial charge on any atom is 0.229 e. The predicted molar refractivity (Wildman–Crippen MR) is 85.8 cm³/mol. The molecule has 1 aliphatic heterocycles. The Kier molecular flexibility index (Phi) is 4.70. The fourth-order valence-corrected chi connectivity index (χ4v) is 2.34. The molecule has 3 rings (SSSR count). The van der Waals surface area contributed by atoms with Crippen molar-refractivity contribution in [1.82, 2.24) is 9.97 Å². The summed E-state index contributed by atoms with van der Waals surface area (Å²) >= 11 is 0. The molecule has 2 N–H and O–H groups in total. The lowest BCUT2D eigenvalue weighted by Gasteiger charge is -2.12. The number of benzene rings is 1. The van der Waals surface area contributed by atoms with E-state index in [2.05, 4.69) is 20.6 Å². The van der Waals surface area contributed by atoms with E-state index in [9.17, 15) is 0 Å². The Morgan fingerprint density at radius 3 is 2.86 bits per heavy atom. The van der Waals surface area contributed by atoms with Gasteiger partial charge in [0.05, 0.1) is 13.2 Å². The molecule has 0 saturated carbocycles. The maximum absolute atomic E-state index is 5.59. The third-order valence-corrected chi connectivity index (χ3v) is 3.54. The van der Waals surface area contributed by atoms with E-state index in [-0.39, 0.29) is 6.10 Å². The van der Waals surface area contributed by atoms with E-state index in [1.165, 1.54) is 0 Å². The molecule has 2 heterocycles. The van der Waals surface area contributed by atoms with Gasteiger partial charge in [0.25, 0.3) is 0 Å². The van der Waals surface area contributed by atoms with Crippen molar-refractivity contribution in [1.29, 1.82) is 0 Å². The van der Waals surface area contributed by atoms with Gasteiger partial charge < -0.3 is 20.1 Å². The first-order chi connectivity index (χ1) is 10.8. The van der Waals surface area contributed by atoms with Gasteiger partial charge in [-0.15, -0.1) is 0 Å². The lowest BCUT2D eigenvalue weighted by Crippen LogP contribution is -2.19. The number of nitrogens with zero attached hydrogens (tertiary/aromatic N) is 2. The number of hydrogen-bond acceptors (Lipinski definition) is 6. The minimum Gasteiger partial charge on any atom is -0.497 e. The molecule has 2 aromatic rings. The molecule has 1 saturated heterocycles. The summed E-state index contributed by atoms with van der Waals surface area (Å²) in [6, 6.07) is 9.49. The molecule has 6 heteroatoms. The van der Waals surface area contributed by atoms with Crippen molar-refractivity contribution in [3.8, 4) is 5.75 Å². The fourth-order valence-electron chi connectivity index (χ4n) is 2.34. The summed E-state index contributed by atoms with van der Waals surface area (Å²) in [5, 5.41) is 6.47. The topological polar surface area (TPSA) is 68.3 Å². The van der Waals surface area contributed by atoms with Gasteiger partial charge in [0, 0.05) is 25.0 Å². The summed E-state index contributed by atoms with van der Waals surface area (Å²) in [6.07, 6.45) is 4.26. The van der Waals surface area contributed by atoms with Crippen LogP contribution in [0.15, 0.2) is 36.5 Å². The van der Waals surface area contributed by atoms with E-state index in [1.54, 1.807) is 13.3 Å². The van der Waals surface area contributed by atoms with Crippen LogP contribution in [-0.2, 0) is 4.74 Å². The first-order valence-corrected chi connectivity index (χ1v) is 7.43. The molecule has 0 bridgehead atoms. The molecule has 1 atom stereocenters. The summed E-state index contributed by atoms with van der Waals surface area (Å²) < 4.78 is 10.7. The number of nitrogens with one attached hydrogen (secondary N) is 2. The van der Waals surface area contributed by atoms with Gasteiger partial charge in [0.1, 0.15) is 11.6 Å². The number of ether oxygens (including phenoxy) is 2. The molecule has 22 heavy (non-hydrogen) atoms. The SMILES string of the molecule is COc1ccc(Nc2nccc(NCC3CCCO3)n2)cc1. The number of hydrogen-bond donors (Lipinski definition) is 2. The average molecular weight is 300 g/mol. The third-order valence-electron chi connectivity index (χ3n) is 3.54. The highest BCUT2D eigenvalue weighted by atomic mass is 16.5. The Balaban J connectivity index is 1.59. The second-order valence-electron chi connectivity index (χ2n) is 5.13. The summed E-state index contributed by atoms with van der Waals surface area (Å²) in [7, 11) is 1.65. The molecule has 1 unspecified atom stereocenters. The molecule has 0 aliphatic carbocycles. The van der Waals surface area contributed by atoms with Gasteiger partial charge >= 0.3 is 0 Å². The zero-order valence-electron chi connectivity index (χ0n) is 12.6. The van der Waals surface area contributed by atoms with Crippen molar-refractivity contribution in [3.63, 3.8) is 0 Å². The number of aromatic nitrogens is 2. The van der Waals surface area contributed by atoms with E-state index >= 15 is 0 Å². The first-order valence-electron chi connectivity index (χ1n) is 7.43. The Labute approximate surface area is 129 Å². The van der Waals surface area contributed by atoms with E-state index in [4.69, 9.17) is 9.47 Å². The molecule has 6 nitrogen and oxygen atoms in total. The van der Waals surface area contributed by atoms with Gasteiger partial charge in [-0.25, -0.2) is 4.98 Å². The van der Waals surface area contributed by atoms with E-state index in [1.807, 2.05) is 30.3 Å². The molecule has 1 fully saturated rings. The van der Waals surface area contributed by atoms with E-state index in [0.717, 1.165) is 43.2 Å². The van der Waals surface area contributed by atoms with Gasteiger partial charge in [-0.2, -0.15) is 4.98 Å². The van der Waals surface area contributed by atoms with E-state index in [0.29, 0.717) is 5.95 Å². The van der Waals surface area contributed by atoms with Crippen LogP contribution in [0.2, 0.25) is 0 Å². The van der Waals surface area contributed by atoms with Crippen LogP contribution in [-0.4, -0.2) is 36.3 Å². The van der Waals surface area contributed by atoms with Crippen LogP contribution in [0.25, 0.3) is 0 Å². The highest BCUT2D eigenvalue weighted by Gasteiger charge is 2.15. The number of rotatable bonds is 6. The number of methoxy groups -OCH3 is 1. The zero-order valence-corrected chi connectivity index (χ0v) is 12.6. The Bertz CT molecular complexity index is 597. The van der Waals surface area contributed by atoms with Crippen molar-refractivity contribution in [2.24, 2.45) is 0 Å². The highest BCUT2D eigenvalue weighted by Crippen LogP contribution is 2.18. The van der Waals surface area contributed by atoms with Crippen molar-refractivity contribution in [2.45, 2.75) is 18.9 Å². The molecule has 0 amide bonds. The van der Waals surface area contributed by atoms with Crippen LogP contribution in [0.3, 0.4) is 0 Å². The summed E-state index contributed by atoms with van der Waals surface area (Å²) in [4.78, 5) is 8.68. The molecular formula is C16H20N4O2. The van der Waals surface area contributed by atoms with Gasteiger partial charge in [0.15, 0.2) is 0 Å². The Morgan fingerprint density at radius 2 is 2.14 bits per heavy atom. The monoisotopic (exact) mass is 300 g/mol. The molecule has 1 aromatic carbocycles. The molecule has 0 radical (unpaired) electrons. The second-order valence-corrected chi connectivity index (χ2v) is 5.13. The van der Waals surface area contributed by atoms with Gasteiger partial charge in [0.2, 0.25) is 5.95 Å². The quantitative estimate of drug-likeness (QED) is 0.855. The molecule has 1 aromatic heterocycles. The van der Waals surface area contributed by atoms with Crippen LogP contribution < -0.4 is 15.4 Å². The van der Waals surface area contributed by atoms with Crippen LogP contribution in [0.5, 0.6) is 5.75 Å². The van der Waals surface area contributed by atoms with Crippen LogP contribution in [0.1, 0.15) is 12.8 Å². The summed E-state index contributed by atoms with van der Waals surface area (Å²) in [5.41, 5.74) is 0.914. The molecule has 1 aliphatic rings. The largest absolute Gasteiger partial charge is 0.497 e. The van der Waals surface area contributed by atoms with Gasteiger partial charge in [-0.3, -0.25) is 0 Å². The number of anilines is 3. The third kappa shape index (κ3) is 3.85. The second kappa shape index (κ2) is 7.09. The highest BCUT2D eigenvalue weighted by molar-refractivity contribution is 5.55. The van der Waals surface area contributed by atoms with Crippen LogP contribution >= 0.6 is 0 Å². The minimum atomic E-state index is 0.285. The van der Waals surface area contributed by atoms with Crippen molar-refractivity contribution < 1.29 is 9.47 Å². The van der Waals surface area contributed by atoms with Crippen LogP contribution in [0.4, 0.5) is 17.5 Å². The van der Waals surface area contributed by atoms with Crippen molar-refractivity contribution in [3.05, 3.63) is 36.5 Å². The molecule has 116 valence electrons. The first kappa shape index (κ1) is 14.6.